The van der Waals surface area contributed by atoms with E-state index in [1.807, 2.05) is 26.2 Å². The van der Waals surface area contributed by atoms with Crippen molar-refractivity contribution in [3.63, 3.8) is 0 Å². The molecule has 1 aromatic rings. The Morgan fingerprint density at radius 1 is 1.18 bits per heavy atom. The predicted octanol–water partition coefficient (Wildman–Crippen LogP) is 1.95. The fourth-order valence-corrected chi connectivity index (χ4v) is 2.29. The lowest BCUT2D eigenvalue weighted by molar-refractivity contribution is 0.206. The normalized spacial score (nSPS) is 12.5. The van der Waals surface area contributed by atoms with Gasteiger partial charge < -0.3 is 20.6 Å². The van der Waals surface area contributed by atoms with Crippen molar-refractivity contribution in [3.8, 4) is 0 Å². The monoisotopic (exact) mass is 307 g/mol. The Balaban J connectivity index is 2.40. The van der Waals surface area contributed by atoms with Crippen molar-refractivity contribution in [1.82, 2.24) is 15.5 Å². The molecule has 0 saturated carbocycles. The third-order valence-electron chi connectivity index (χ3n) is 3.29. The minimum Gasteiger partial charge on any atom is -0.394 e. The van der Waals surface area contributed by atoms with Gasteiger partial charge in [0, 0.05) is 13.1 Å². The molecule has 5 heteroatoms. The molecule has 3 N–H and O–H groups in total. The number of aliphatic hydroxyl groups excluding tert-OH is 1. The summed E-state index contributed by atoms with van der Waals surface area (Å²) in [4.78, 5) is 14.0. The van der Waals surface area contributed by atoms with Crippen molar-refractivity contribution in [3.05, 3.63) is 35.4 Å². The fourth-order valence-electron chi connectivity index (χ4n) is 2.29. The Kier molecular flexibility index (Phi) is 7.91. The van der Waals surface area contributed by atoms with Crippen LogP contribution in [0.4, 0.5) is 4.79 Å². The molecule has 0 bridgehead atoms. The second kappa shape index (κ2) is 9.43. The van der Waals surface area contributed by atoms with E-state index in [0.717, 1.165) is 18.5 Å². The number of amides is 2. The number of nitrogens with zero attached hydrogens (tertiary/aromatic N) is 1. The summed E-state index contributed by atoms with van der Waals surface area (Å²) in [6, 6.07) is 7.77. The number of aliphatic hydroxyl groups is 1. The molecule has 5 nitrogen and oxygen atoms in total. The average molecular weight is 307 g/mol. The van der Waals surface area contributed by atoms with Crippen molar-refractivity contribution < 1.29 is 9.90 Å². The van der Waals surface area contributed by atoms with Gasteiger partial charge in [-0.25, -0.2) is 4.79 Å². The Bertz CT molecular complexity index is 444. The zero-order valence-corrected chi connectivity index (χ0v) is 14.1. The van der Waals surface area contributed by atoms with Gasteiger partial charge in [-0.05, 0) is 37.6 Å². The van der Waals surface area contributed by atoms with Crippen molar-refractivity contribution >= 4 is 6.03 Å². The predicted molar refractivity (Wildman–Crippen MR) is 89.5 cm³/mol. The van der Waals surface area contributed by atoms with E-state index in [1.54, 1.807) is 0 Å². The highest BCUT2D eigenvalue weighted by Gasteiger charge is 2.12. The highest BCUT2D eigenvalue weighted by Crippen LogP contribution is 2.06. The minimum atomic E-state index is -0.239. The maximum absolute atomic E-state index is 11.8. The summed E-state index contributed by atoms with van der Waals surface area (Å²) in [7, 11) is 4.07. The summed E-state index contributed by atoms with van der Waals surface area (Å²) in [5.74, 6) is 0.432. The summed E-state index contributed by atoms with van der Waals surface area (Å²) >= 11 is 0. The summed E-state index contributed by atoms with van der Waals surface area (Å²) in [5.41, 5.74) is 2.30. The van der Waals surface area contributed by atoms with Gasteiger partial charge in [-0.3, -0.25) is 0 Å². The summed E-state index contributed by atoms with van der Waals surface area (Å²) in [6.07, 6.45) is 0.767. The molecule has 0 aliphatic rings. The Labute approximate surface area is 133 Å². The Morgan fingerprint density at radius 3 is 2.27 bits per heavy atom. The lowest BCUT2D eigenvalue weighted by Gasteiger charge is -2.18. The molecule has 1 unspecified atom stereocenters. The van der Waals surface area contributed by atoms with Crippen molar-refractivity contribution in [2.75, 3.05) is 20.7 Å². The maximum Gasteiger partial charge on any atom is 0.315 e. The number of urea groups is 1. The molecule has 124 valence electrons. The first-order chi connectivity index (χ1) is 10.4. The zero-order valence-electron chi connectivity index (χ0n) is 14.1. The van der Waals surface area contributed by atoms with Crippen LogP contribution in [0.3, 0.4) is 0 Å². The van der Waals surface area contributed by atoms with Gasteiger partial charge in [0.25, 0.3) is 0 Å². The smallest absolute Gasteiger partial charge is 0.315 e. The van der Waals surface area contributed by atoms with E-state index < -0.39 is 0 Å². The number of carbonyl (C=O) groups excluding carboxylic acids is 1. The van der Waals surface area contributed by atoms with Crippen LogP contribution in [0.5, 0.6) is 0 Å². The first kappa shape index (κ1) is 18.5. The van der Waals surface area contributed by atoms with Crippen LogP contribution in [0.2, 0.25) is 0 Å². The van der Waals surface area contributed by atoms with Crippen LogP contribution in [0.25, 0.3) is 0 Å². The maximum atomic E-state index is 11.8. The molecular formula is C17H29N3O2. The molecule has 0 aliphatic carbocycles. The van der Waals surface area contributed by atoms with E-state index in [4.69, 9.17) is 0 Å². The molecule has 0 radical (unpaired) electrons. The molecular weight excluding hydrogens is 278 g/mol. The lowest BCUT2D eigenvalue weighted by atomic mass is 10.0. The average Bonchev–Trinajstić information content (AvgIpc) is 2.44. The van der Waals surface area contributed by atoms with E-state index in [2.05, 4.69) is 41.5 Å². The quantitative estimate of drug-likeness (QED) is 0.688. The molecule has 0 spiro atoms. The molecule has 2 amide bonds. The number of nitrogens with one attached hydrogen (secondary N) is 2. The second-order valence-corrected chi connectivity index (χ2v) is 6.39. The molecule has 0 fully saturated rings. The van der Waals surface area contributed by atoms with E-state index in [0.29, 0.717) is 12.5 Å². The summed E-state index contributed by atoms with van der Waals surface area (Å²) < 4.78 is 0. The van der Waals surface area contributed by atoms with Crippen LogP contribution in [0, 0.1) is 5.92 Å². The molecule has 22 heavy (non-hydrogen) atoms. The highest BCUT2D eigenvalue weighted by molar-refractivity contribution is 5.74. The van der Waals surface area contributed by atoms with Gasteiger partial charge in [0.1, 0.15) is 0 Å². The van der Waals surface area contributed by atoms with E-state index in [1.165, 1.54) is 5.56 Å². The van der Waals surface area contributed by atoms with Crippen LogP contribution < -0.4 is 10.6 Å². The number of hydrogen-bond donors (Lipinski definition) is 3. The van der Waals surface area contributed by atoms with Gasteiger partial charge in [-0.15, -0.1) is 0 Å². The van der Waals surface area contributed by atoms with Gasteiger partial charge in [0.05, 0.1) is 12.6 Å². The summed E-state index contributed by atoms with van der Waals surface area (Å²) in [5, 5.41) is 14.9. The number of rotatable bonds is 8. The topological polar surface area (TPSA) is 64.6 Å². The lowest BCUT2D eigenvalue weighted by Crippen LogP contribution is -2.44. The summed E-state index contributed by atoms with van der Waals surface area (Å²) in [6.45, 7) is 5.48. The van der Waals surface area contributed by atoms with E-state index >= 15 is 0 Å². The SMILES string of the molecule is CC(C)CC(CO)NC(=O)NCc1ccc(CN(C)C)cc1. The van der Waals surface area contributed by atoms with E-state index in [9.17, 15) is 9.90 Å². The van der Waals surface area contributed by atoms with Gasteiger partial charge in [0.15, 0.2) is 0 Å². The molecule has 0 saturated heterocycles. The van der Waals surface area contributed by atoms with Gasteiger partial charge in [-0.2, -0.15) is 0 Å². The second-order valence-electron chi connectivity index (χ2n) is 6.39. The number of hydrogen-bond acceptors (Lipinski definition) is 3. The van der Waals surface area contributed by atoms with Gasteiger partial charge in [0.2, 0.25) is 0 Å². The molecule has 1 aromatic carbocycles. The first-order valence-corrected chi connectivity index (χ1v) is 7.78. The van der Waals surface area contributed by atoms with E-state index in [-0.39, 0.29) is 18.7 Å². The van der Waals surface area contributed by atoms with Gasteiger partial charge >= 0.3 is 6.03 Å². The Hall–Kier alpha value is -1.59. The fraction of sp³-hybridized carbons (Fsp3) is 0.588. The third kappa shape index (κ3) is 7.43. The van der Waals surface area contributed by atoms with Crippen molar-refractivity contribution in [2.45, 2.75) is 39.4 Å². The molecule has 0 aliphatic heterocycles. The van der Waals surface area contributed by atoms with Crippen molar-refractivity contribution in [1.29, 1.82) is 0 Å². The highest BCUT2D eigenvalue weighted by atomic mass is 16.3. The van der Waals surface area contributed by atoms with Crippen LogP contribution in [-0.4, -0.2) is 42.8 Å². The molecule has 0 aromatic heterocycles. The van der Waals surface area contributed by atoms with Crippen LogP contribution in [-0.2, 0) is 13.1 Å². The number of carbonyl (C=O) groups is 1. The van der Waals surface area contributed by atoms with Crippen molar-refractivity contribution in [2.24, 2.45) is 5.92 Å². The van der Waals surface area contributed by atoms with Gasteiger partial charge in [-0.1, -0.05) is 38.1 Å². The Morgan fingerprint density at radius 2 is 1.77 bits per heavy atom. The molecule has 0 heterocycles. The van der Waals surface area contributed by atoms with Crippen LogP contribution in [0.15, 0.2) is 24.3 Å². The standard InChI is InChI=1S/C17H29N3O2/c1-13(2)9-16(12-21)19-17(22)18-10-14-5-7-15(8-6-14)11-20(3)4/h5-8,13,16,21H,9-12H2,1-4H3,(H2,18,19,22). The largest absolute Gasteiger partial charge is 0.394 e. The first-order valence-electron chi connectivity index (χ1n) is 7.78. The molecule has 1 atom stereocenters. The zero-order chi connectivity index (χ0) is 16.5. The third-order valence-corrected chi connectivity index (χ3v) is 3.29. The minimum absolute atomic E-state index is 0.0369. The molecule has 1 rings (SSSR count). The van der Waals surface area contributed by atoms with Crippen LogP contribution in [0.1, 0.15) is 31.4 Å². The van der Waals surface area contributed by atoms with Crippen LogP contribution >= 0.6 is 0 Å². The number of benzene rings is 1.